The monoisotopic (exact) mass is 190 g/mol. The van der Waals surface area contributed by atoms with Crippen LogP contribution in [0.3, 0.4) is 0 Å². The van der Waals surface area contributed by atoms with Crippen molar-refractivity contribution in [1.29, 1.82) is 0 Å². The van der Waals surface area contributed by atoms with Crippen molar-refractivity contribution in [2.75, 3.05) is 11.9 Å². The van der Waals surface area contributed by atoms with E-state index >= 15 is 0 Å². The largest absolute Gasteiger partial charge is 0.387 e. The van der Waals surface area contributed by atoms with Gasteiger partial charge in [-0.3, -0.25) is 4.79 Å². The summed E-state index contributed by atoms with van der Waals surface area (Å²) in [6.07, 6.45) is 0. The van der Waals surface area contributed by atoms with Gasteiger partial charge in [0.05, 0.1) is 0 Å². The van der Waals surface area contributed by atoms with Gasteiger partial charge in [-0.2, -0.15) is 0 Å². The molecule has 1 amide bonds. The number of H-pyrrole nitrogens is 1. The molecule has 0 saturated heterocycles. The van der Waals surface area contributed by atoms with Gasteiger partial charge in [-0.25, -0.2) is 0 Å². The summed E-state index contributed by atoms with van der Waals surface area (Å²) in [6.45, 7) is -0.505. The van der Waals surface area contributed by atoms with Gasteiger partial charge < -0.3 is 15.4 Å². The number of aliphatic hydroxyl groups excluding tert-OH is 1. The SMILES string of the molecule is O=C(CO)Nc1cc2ccccc2[nH]1. The van der Waals surface area contributed by atoms with E-state index in [1.165, 1.54) is 0 Å². The molecule has 3 N–H and O–H groups in total. The summed E-state index contributed by atoms with van der Waals surface area (Å²) in [4.78, 5) is 13.9. The summed E-state index contributed by atoms with van der Waals surface area (Å²) in [5.74, 6) is 0.182. The molecule has 2 aromatic rings. The molecule has 0 bridgehead atoms. The van der Waals surface area contributed by atoms with Crippen molar-refractivity contribution in [3.8, 4) is 0 Å². The van der Waals surface area contributed by atoms with Gasteiger partial charge in [-0.1, -0.05) is 18.2 Å². The summed E-state index contributed by atoms with van der Waals surface area (Å²) in [7, 11) is 0. The number of hydrogen-bond acceptors (Lipinski definition) is 2. The van der Waals surface area contributed by atoms with E-state index in [0.29, 0.717) is 5.82 Å². The quantitative estimate of drug-likeness (QED) is 0.663. The topological polar surface area (TPSA) is 65.1 Å². The molecule has 0 aliphatic heterocycles. The van der Waals surface area contributed by atoms with Gasteiger partial charge >= 0.3 is 0 Å². The molecule has 72 valence electrons. The number of aromatic nitrogens is 1. The molecule has 14 heavy (non-hydrogen) atoms. The predicted octanol–water partition coefficient (Wildman–Crippen LogP) is 1.10. The fraction of sp³-hybridized carbons (Fsp3) is 0.100. The second kappa shape index (κ2) is 3.51. The lowest BCUT2D eigenvalue weighted by molar-refractivity contribution is -0.118. The Hall–Kier alpha value is -1.81. The molecule has 0 saturated carbocycles. The van der Waals surface area contributed by atoms with E-state index in [4.69, 9.17) is 5.11 Å². The Balaban J connectivity index is 2.31. The second-order valence-electron chi connectivity index (χ2n) is 2.98. The number of aromatic amines is 1. The third-order valence-electron chi connectivity index (χ3n) is 1.95. The molecule has 0 radical (unpaired) electrons. The van der Waals surface area contributed by atoms with Crippen LogP contribution in [-0.4, -0.2) is 22.6 Å². The van der Waals surface area contributed by atoms with Gasteiger partial charge in [-0.15, -0.1) is 0 Å². The minimum absolute atomic E-state index is 0.420. The highest BCUT2D eigenvalue weighted by Crippen LogP contribution is 2.17. The van der Waals surface area contributed by atoms with E-state index in [2.05, 4.69) is 10.3 Å². The van der Waals surface area contributed by atoms with Crippen molar-refractivity contribution in [2.45, 2.75) is 0 Å². The molecule has 2 rings (SSSR count). The Bertz CT molecular complexity index is 429. The summed E-state index contributed by atoms with van der Waals surface area (Å²) in [5, 5.41) is 12.1. The lowest BCUT2D eigenvalue weighted by Crippen LogP contribution is -2.15. The maximum Gasteiger partial charge on any atom is 0.251 e. The Kier molecular flexibility index (Phi) is 2.20. The first kappa shape index (κ1) is 8.77. The maximum absolute atomic E-state index is 10.9. The number of amides is 1. The number of rotatable bonds is 2. The van der Waals surface area contributed by atoms with Crippen molar-refractivity contribution < 1.29 is 9.90 Å². The van der Waals surface area contributed by atoms with Gasteiger partial charge in [0.25, 0.3) is 5.91 Å². The summed E-state index contributed by atoms with van der Waals surface area (Å²) < 4.78 is 0. The Morgan fingerprint density at radius 2 is 2.21 bits per heavy atom. The molecular formula is C10H10N2O2. The smallest absolute Gasteiger partial charge is 0.251 e. The summed E-state index contributed by atoms with van der Waals surface area (Å²) in [5.41, 5.74) is 0.959. The Morgan fingerprint density at radius 3 is 2.93 bits per heavy atom. The van der Waals surface area contributed by atoms with Crippen LogP contribution in [0.25, 0.3) is 10.9 Å². The first-order valence-electron chi connectivity index (χ1n) is 4.28. The molecular weight excluding hydrogens is 180 g/mol. The lowest BCUT2D eigenvalue weighted by Gasteiger charge is -1.97. The zero-order valence-electron chi connectivity index (χ0n) is 7.45. The van der Waals surface area contributed by atoms with Crippen LogP contribution in [-0.2, 0) is 4.79 Å². The second-order valence-corrected chi connectivity index (χ2v) is 2.98. The average Bonchev–Trinajstić information content (AvgIpc) is 2.59. The maximum atomic E-state index is 10.9. The van der Waals surface area contributed by atoms with E-state index in [1.807, 2.05) is 30.3 Å². The minimum Gasteiger partial charge on any atom is -0.387 e. The van der Waals surface area contributed by atoms with E-state index in [-0.39, 0.29) is 0 Å². The fourth-order valence-electron chi connectivity index (χ4n) is 1.33. The molecule has 0 atom stereocenters. The molecule has 4 nitrogen and oxygen atoms in total. The molecule has 0 aliphatic rings. The van der Waals surface area contributed by atoms with Crippen LogP contribution in [0.4, 0.5) is 5.82 Å². The molecule has 1 aromatic heterocycles. The van der Waals surface area contributed by atoms with Crippen LogP contribution < -0.4 is 5.32 Å². The highest BCUT2D eigenvalue weighted by molar-refractivity contribution is 5.94. The zero-order valence-corrected chi connectivity index (χ0v) is 7.45. The van der Waals surface area contributed by atoms with Crippen molar-refractivity contribution in [2.24, 2.45) is 0 Å². The van der Waals surface area contributed by atoms with Crippen molar-refractivity contribution in [3.05, 3.63) is 30.3 Å². The fourth-order valence-corrected chi connectivity index (χ4v) is 1.33. The molecule has 1 aromatic carbocycles. The standard InChI is InChI=1S/C10H10N2O2/c13-6-10(14)12-9-5-7-3-1-2-4-8(7)11-9/h1-5,11,13H,6H2,(H,12,14). The normalized spacial score (nSPS) is 10.4. The zero-order chi connectivity index (χ0) is 9.97. The molecule has 0 aliphatic carbocycles. The number of hydrogen-bond donors (Lipinski definition) is 3. The number of benzene rings is 1. The van der Waals surface area contributed by atoms with Crippen LogP contribution in [0.1, 0.15) is 0 Å². The van der Waals surface area contributed by atoms with E-state index < -0.39 is 12.5 Å². The van der Waals surface area contributed by atoms with Crippen LogP contribution in [0.5, 0.6) is 0 Å². The van der Waals surface area contributed by atoms with Gasteiger partial charge in [0.15, 0.2) is 0 Å². The van der Waals surface area contributed by atoms with Gasteiger partial charge in [0.2, 0.25) is 0 Å². The van der Waals surface area contributed by atoms with Crippen molar-refractivity contribution in [3.63, 3.8) is 0 Å². The molecule has 0 spiro atoms. The molecule has 1 heterocycles. The van der Waals surface area contributed by atoms with Crippen LogP contribution in [0.15, 0.2) is 30.3 Å². The number of nitrogens with one attached hydrogen (secondary N) is 2. The van der Waals surface area contributed by atoms with Crippen molar-refractivity contribution in [1.82, 2.24) is 4.98 Å². The van der Waals surface area contributed by atoms with Crippen molar-refractivity contribution >= 4 is 22.6 Å². The van der Waals surface area contributed by atoms with Gasteiger partial charge in [0, 0.05) is 10.9 Å². The first-order valence-corrected chi connectivity index (χ1v) is 4.28. The number of carbonyl (C=O) groups is 1. The predicted molar refractivity (Wildman–Crippen MR) is 54.0 cm³/mol. The first-order chi connectivity index (χ1) is 6.79. The highest BCUT2D eigenvalue weighted by Gasteiger charge is 2.02. The number of carbonyl (C=O) groups excluding carboxylic acids is 1. The average molecular weight is 190 g/mol. The number of para-hydroxylation sites is 1. The van der Waals surface area contributed by atoms with Gasteiger partial charge in [-0.05, 0) is 12.1 Å². The van der Waals surface area contributed by atoms with Gasteiger partial charge in [0.1, 0.15) is 12.4 Å². The van der Waals surface area contributed by atoms with Crippen LogP contribution in [0.2, 0.25) is 0 Å². The number of anilines is 1. The van der Waals surface area contributed by atoms with E-state index in [1.54, 1.807) is 0 Å². The third kappa shape index (κ3) is 1.60. The van der Waals surface area contributed by atoms with Crippen LogP contribution >= 0.6 is 0 Å². The number of aliphatic hydroxyl groups is 1. The molecule has 4 heteroatoms. The summed E-state index contributed by atoms with van der Waals surface area (Å²) >= 11 is 0. The Labute approximate surface area is 80.6 Å². The minimum atomic E-state index is -0.505. The van der Waals surface area contributed by atoms with E-state index in [0.717, 1.165) is 10.9 Å². The molecule has 0 fully saturated rings. The molecule has 0 unspecified atom stereocenters. The Morgan fingerprint density at radius 1 is 1.43 bits per heavy atom. The number of fused-ring (bicyclic) bond motifs is 1. The third-order valence-corrected chi connectivity index (χ3v) is 1.95. The summed E-state index contributed by atoms with van der Waals surface area (Å²) in [6, 6.07) is 9.53. The van der Waals surface area contributed by atoms with E-state index in [9.17, 15) is 4.79 Å². The van der Waals surface area contributed by atoms with Crippen LogP contribution in [0, 0.1) is 0 Å². The lowest BCUT2D eigenvalue weighted by atomic mass is 10.2. The highest BCUT2D eigenvalue weighted by atomic mass is 16.3.